The Labute approximate surface area is 149 Å². The summed E-state index contributed by atoms with van der Waals surface area (Å²) in [6.07, 6.45) is 6.54. The van der Waals surface area contributed by atoms with E-state index in [-0.39, 0.29) is 17.9 Å². The first kappa shape index (κ1) is 17.8. The standard InChI is InChI=1S/C20H28N2O3/c23-19(12-15-25-18-8-2-1-3-9-18)21-17-10-13-22(14-11-17)20(24)16-6-4-5-7-16/h1-3,8-9,16-17H,4-7,10-15H2,(H,21,23). The normalized spacial score (nSPS) is 19.0. The summed E-state index contributed by atoms with van der Waals surface area (Å²) in [5.74, 6) is 1.39. The van der Waals surface area contributed by atoms with E-state index in [0.29, 0.717) is 18.9 Å². The van der Waals surface area contributed by atoms with Crippen molar-refractivity contribution in [1.82, 2.24) is 10.2 Å². The maximum Gasteiger partial charge on any atom is 0.225 e. The van der Waals surface area contributed by atoms with Gasteiger partial charge in [-0.1, -0.05) is 31.0 Å². The van der Waals surface area contributed by atoms with Crippen LogP contribution in [0.5, 0.6) is 5.75 Å². The second-order valence-corrected chi connectivity index (χ2v) is 7.06. The zero-order valence-corrected chi connectivity index (χ0v) is 14.8. The third-order valence-electron chi connectivity index (χ3n) is 5.22. The molecule has 0 unspecified atom stereocenters. The van der Waals surface area contributed by atoms with Crippen LogP contribution >= 0.6 is 0 Å². The van der Waals surface area contributed by atoms with Crippen molar-refractivity contribution in [2.24, 2.45) is 5.92 Å². The number of carbonyl (C=O) groups is 2. The van der Waals surface area contributed by atoms with Crippen molar-refractivity contribution in [3.8, 4) is 5.75 Å². The minimum absolute atomic E-state index is 0.0245. The van der Waals surface area contributed by atoms with E-state index in [1.165, 1.54) is 12.8 Å². The van der Waals surface area contributed by atoms with Crippen molar-refractivity contribution >= 4 is 11.8 Å². The number of rotatable bonds is 6. The van der Waals surface area contributed by atoms with Gasteiger partial charge in [0.2, 0.25) is 11.8 Å². The second-order valence-electron chi connectivity index (χ2n) is 7.06. The SMILES string of the molecule is O=C(CCOc1ccccc1)NC1CCN(C(=O)C2CCCC2)CC1. The number of piperidine rings is 1. The molecule has 3 rings (SSSR count). The van der Waals surface area contributed by atoms with Crippen LogP contribution in [0, 0.1) is 5.92 Å². The average molecular weight is 344 g/mol. The molecule has 25 heavy (non-hydrogen) atoms. The molecule has 1 aliphatic heterocycles. The van der Waals surface area contributed by atoms with E-state index in [4.69, 9.17) is 4.74 Å². The molecule has 2 fully saturated rings. The van der Waals surface area contributed by atoms with Gasteiger partial charge < -0.3 is 15.0 Å². The number of ether oxygens (including phenoxy) is 1. The van der Waals surface area contributed by atoms with Crippen LogP contribution in [0.1, 0.15) is 44.9 Å². The number of nitrogens with one attached hydrogen (secondary N) is 1. The van der Waals surface area contributed by atoms with Crippen LogP contribution in [0.3, 0.4) is 0 Å². The number of hydrogen-bond acceptors (Lipinski definition) is 3. The summed E-state index contributed by atoms with van der Waals surface area (Å²) in [5.41, 5.74) is 0. The Bertz CT molecular complexity index is 562. The first-order chi connectivity index (χ1) is 12.2. The number of para-hydroxylation sites is 1. The minimum atomic E-state index is 0.0245. The molecule has 5 heteroatoms. The van der Waals surface area contributed by atoms with Crippen LogP contribution < -0.4 is 10.1 Å². The summed E-state index contributed by atoms with van der Waals surface area (Å²) in [4.78, 5) is 26.5. The van der Waals surface area contributed by atoms with Crippen LogP contribution in [-0.2, 0) is 9.59 Å². The van der Waals surface area contributed by atoms with Crippen LogP contribution in [0.4, 0.5) is 0 Å². The highest BCUT2D eigenvalue weighted by Gasteiger charge is 2.30. The monoisotopic (exact) mass is 344 g/mol. The molecule has 0 radical (unpaired) electrons. The Morgan fingerprint density at radius 1 is 1.04 bits per heavy atom. The number of nitrogens with zero attached hydrogens (tertiary/aromatic N) is 1. The third-order valence-corrected chi connectivity index (χ3v) is 5.22. The lowest BCUT2D eigenvalue weighted by Crippen LogP contribution is -2.48. The van der Waals surface area contributed by atoms with Crippen LogP contribution in [-0.4, -0.2) is 42.5 Å². The van der Waals surface area contributed by atoms with Gasteiger partial charge in [0.25, 0.3) is 0 Å². The largest absolute Gasteiger partial charge is 0.493 e. The molecule has 1 N–H and O–H groups in total. The maximum atomic E-state index is 12.4. The van der Waals surface area contributed by atoms with E-state index >= 15 is 0 Å². The summed E-state index contributed by atoms with van der Waals surface area (Å²) in [6, 6.07) is 9.70. The Morgan fingerprint density at radius 3 is 2.40 bits per heavy atom. The Kier molecular flexibility index (Phi) is 6.31. The Morgan fingerprint density at radius 2 is 1.72 bits per heavy atom. The number of amides is 2. The van der Waals surface area contributed by atoms with E-state index in [1.807, 2.05) is 35.2 Å². The van der Waals surface area contributed by atoms with E-state index < -0.39 is 0 Å². The van der Waals surface area contributed by atoms with Crippen LogP contribution in [0.2, 0.25) is 0 Å². The summed E-state index contributed by atoms with van der Waals surface area (Å²) < 4.78 is 5.56. The fourth-order valence-electron chi connectivity index (χ4n) is 3.75. The van der Waals surface area contributed by atoms with Gasteiger partial charge in [0, 0.05) is 25.0 Å². The number of likely N-dealkylation sites (tertiary alicyclic amines) is 1. The Hall–Kier alpha value is -2.04. The molecule has 5 nitrogen and oxygen atoms in total. The van der Waals surface area contributed by atoms with Gasteiger partial charge in [-0.3, -0.25) is 9.59 Å². The van der Waals surface area contributed by atoms with Gasteiger partial charge in [-0.15, -0.1) is 0 Å². The van der Waals surface area contributed by atoms with Gasteiger partial charge in [-0.2, -0.15) is 0 Å². The molecule has 0 aromatic heterocycles. The lowest BCUT2D eigenvalue weighted by Gasteiger charge is -2.34. The molecule has 1 saturated heterocycles. The Balaban J connectivity index is 1.32. The molecule has 0 spiro atoms. The smallest absolute Gasteiger partial charge is 0.225 e. The summed E-state index contributed by atoms with van der Waals surface area (Å²) in [6.45, 7) is 1.91. The van der Waals surface area contributed by atoms with E-state index in [2.05, 4.69) is 5.32 Å². The lowest BCUT2D eigenvalue weighted by atomic mass is 10.0. The molecule has 2 amide bonds. The number of hydrogen-bond donors (Lipinski definition) is 1. The predicted octanol–water partition coefficient (Wildman–Crippen LogP) is 2.75. The van der Waals surface area contributed by atoms with E-state index in [1.54, 1.807) is 0 Å². The average Bonchev–Trinajstić information content (AvgIpc) is 3.17. The van der Waals surface area contributed by atoms with Crippen molar-refractivity contribution in [1.29, 1.82) is 0 Å². The van der Waals surface area contributed by atoms with E-state index in [0.717, 1.165) is 44.5 Å². The molecule has 0 bridgehead atoms. The molecule has 1 saturated carbocycles. The van der Waals surface area contributed by atoms with Gasteiger partial charge in [-0.05, 0) is 37.8 Å². The van der Waals surface area contributed by atoms with Crippen molar-refractivity contribution in [3.63, 3.8) is 0 Å². The molecule has 2 aliphatic rings. The highest BCUT2D eigenvalue weighted by molar-refractivity contribution is 5.79. The molecular formula is C20H28N2O3. The van der Waals surface area contributed by atoms with Crippen molar-refractivity contribution < 1.29 is 14.3 Å². The maximum absolute atomic E-state index is 12.4. The molecule has 1 aliphatic carbocycles. The lowest BCUT2D eigenvalue weighted by molar-refractivity contribution is -0.136. The summed E-state index contributed by atoms with van der Waals surface area (Å²) in [5, 5.41) is 3.08. The van der Waals surface area contributed by atoms with Crippen LogP contribution in [0.25, 0.3) is 0 Å². The molecule has 0 atom stereocenters. The van der Waals surface area contributed by atoms with Crippen LogP contribution in [0.15, 0.2) is 30.3 Å². The quantitative estimate of drug-likeness (QED) is 0.863. The van der Waals surface area contributed by atoms with Crippen molar-refractivity contribution in [2.75, 3.05) is 19.7 Å². The number of benzene rings is 1. The fraction of sp³-hybridized carbons (Fsp3) is 0.600. The van der Waals surface area contributed by atoms with E-state index in [9.17, 15) is 9.59 Å². The first-order valence-corrected chi connectivity index (χ1v) is 9.48. The van der Waals surface area contributed by atoms with Gasteiger partial charge in [-0.25, -0.2) is 0 Å². The number of carbonyl (C=O) groups excluding carboxylic acids is 2. The first-order valence-electron chi connectivity index (χ1n) is 9.48. The summed E-state index contributed by atoms with van der Waals surface area (Å²) >= 11 is 0. The minimum Gasteiger partial charge on any atom is -0.493 e. The molecular weight excluding hydrogens is 316 g/mol. The van der Waals surface area contributed by atoms with Gasteiger partial charge >= 0.3 is 0 Å². The van der Waals surface area contributed by atoms with Gasteiger partial charge in [0.05, 0.1) is 13.0 Å². The predicted molar refractivity (Wildman–Crippen MR) is 96.3 cm³/mol. The zero-order valence-electron chi connectivity index (χ0n) is 14.8. The fourth-order valence-corrected chi connectivity index (χ4v) is 3.75. The molecule has 136 valence electrons. The highest BCUT2D eigenvalue weighted by atomic mass is 16.5. The molecule has 1 aromatic carbocycles. The molecule has 1 aromatic rings. The molecule has 1 heterocycles. The topological polar surface area (TPSA) is 58.6 Å². The summed E-state index contributed by atoms with van der Waals surface area (Å²) in [7, 11) is 0. The van der Waals surface area contributed by atoms with Crippen molar-refractivity contribution in [2.45, 2.75) is 51.0 Å². The van der Waals surface area contributed by atoms with Gasteiger partial charge in [0.15, 0.2) is 0 Å². The third kappa shape index (κ3) is 5.21. The second kappa shape index (κ2) is 8.88. The highest BCUT2D eigenvalue weighted by Crippen LogP contribution is 2.27. The zero-order chi connectivity index (χ0) is 17.5. The van der Waals surface area contributed by atoms with Crippen molar-refractivity contribution in [3.05, 3.63) is 30.3 Å². The van der Waals surface area contributed by atoms with Gasteiger partial charge in [0.1, 0.15) is 5.75 Å².